The highest BCUT2D eigenvalue weighted by atomic mass is 79.9. The van der Waals surface area contributed by atoms with Crippen LogP contribution in [0.5, 0.6) is 0 Å². The van der Waals surface area contributed by atoms with Crippen molar-refractivity contribution in [2.75, 3.05) is 12.3 Å². The molecule has 0 atom stereocenters. The smallest absolute Gasteiger partial charge is 0.261 e. The first-order valence-electron chi connectivity index (χ1n) is 5.53. The van der Waals surface area contributed by atoms with Gasteiger partial charge in [0.1, 0.15) is 0 Å². The minimum Gasteiger partial charge on any atom is -0.399 e. The average Bonchev–Trinajstić information content (AvgIpc) is 2.78. The number of thiophene rings is 1. The van der Waals surface area contributed by atoms with Crippen LogP contribution in [0.15, 0.2) is 40.2 Å². The number of hydrogen-bond acceptors (Lipinski definition) is 3. The molecule has 1 heterocycles. The van der Waals surface area contributed by atoms with E-state index in [4.69, 9.17) is 5.73 Å². The fourth-order valence-electron chi connectivity index (χ4n) is 1.53. The Morgan fingerprint density at radius 2 is 1.94 bits per heavy atom. The Kier molecular flexibility index (Phi) is 4.38. The van der Waals surface area contributed by atoms with Crippen LogP contribution in [0.25, 0.3) is 0 Å². The zero-order valence-corrected chi connectivity index (χ0v) is 12.1. The van der Waals surface area contributed by atoms with Crippen molar-refractivity contribution in [3.63, 3.8) is 0 Å². The topological polar surface area (TPSA) is 55.1 Å². The van der Waals surface area contributed by atoms with Crippen LogP contribution < -0.4 is 11.1 Å². The molecule has 0 saturated carbocycles. The Labute approximate surface area is 118 Å². The third kappa shape index (κ3) is 3.58. The van der Waals surface area contributed by atoms with Gasteiger partial charge in [0.15, 0.2) is 0 Å². The van der Waals surface area contributed by atoms with Crippen molar-refractivity contribution in [3.8, 4) is 0 Å². The summed E-state index contributed by atoms with van der Waals surface area (Å²) in [6, 6.07) is 11.4. The largest absolute Gasteiger partial charge is 0.399 e. The van der Waals surface area contributed by atoms with Gasteiger partial charge in [-0.3, -0.25) is 4.79 Å². The Morgan fingerprint density at radius 3 is 2.56 bits per heavy atom. The molecule has 1 amide bonds. The SMILES string of the molecule is Nc1ccc(CCNC(=O)c2ccc(Br)s2)cc1. The zero-order valence-electron chi connectivity index (χ0n) is 9.65. The van der Waals surface area contributed by atoms with Crippen LogP contribution >= 0.6 is 27.3 Å². The van der Waals surface area contributed by atoms with Crippen LogP contribution in [0.2, 0.25) is 0 Å². The van der Waals surface area contributed by atoms with E-state index in [0.717, 1.165) is 26.3 Å². The number of nitrogens with one attached hydrogen (secondary N) is 1. The molecule has 0 bridgehead atoms. The molecule has 0 spiro atoms. The van der Waals surface area contributed by atoms with Gasteiger partial charge < -0.3 is 11.1 Å². The number of nitrogens with two attached hydrogens (primary N) is 1. The van der Waals surface area contributed by atoms with E-state index in [1.54, 1.807) is 0 Å². The predicted octanol–water partition coefficient (Wildman–Crippen LogP) is 3.07. The van der Waals surface area contributed by atoms with Crippen LogP contribution in [-0.2, 0) is 6.42 Å². The van der Waals surface area contributed by atoms with Gasteiger partial charge in [-0.2, -0.15) is 0 Å². The molecular weight excluding hydrogens is 312 g/mol. The Balaban J connectivity index is 1.82. The molecule has 94 valence electrons. The first-order valence-corrected chi connectivity index (χ1v) is 7.14. The summed E-state index contributed by atoms with van der Waals surface area (Å²) < 4.78 is 0.964. The Hall–Kier alpha value is -1.33. The average molecular weight is 325 g/mol. The summed E-state index contributed by atoms with van der Waals surface area (Å²) in [6.07, 6.45) is 0.804. The summed E-state index contributed by atoms with van der Waals surface area (Å²) in [4.78, 5) is 12.5. The standard InChI is InChI=1S/C13H13BrN2OS/c14-12-6-5-11(18-12)13(17)16-8-7-9-1-3-10(15)4-2-9/h1-6H,7-8,15H2,(H,16,17). The van der Waals surface area contributed by atoms with Crippen molar-refractivity contribution < 1.29 is 4.79 Å². The van der Waals surface area contributed by atoms with E-state index in [-0.39, 0.29) is 5.91 Å². The van der Waals surface area contributed by atoms with Crippen LogP contribution in [-0.4, -0.2) is 12.5 Å². The molecule has 1 aromatic carbocycles. The highest BCUT2D eigenvalue weighted by Gasteiger charge is 2.07. The molecule has 3 N–H and O–H groups in total. The predicted molar refractivity (Wildman–Crippen MR) is 78.9 cm³/mol. The van der Waals surface area contributed by atoms with E-state index in [2.05, 4.69) is 21.2 Å². The number of hydrogen-bond donors (Lipinski definition) is 2. The maximum Gasteiger partial charge on any atom is 0.261 e. The molecular formula is C13H13BrN2OS. The van der Waals surface area contributed by atoms with Crippen LogP contribution in [0.4, 0.5) is 5.69 Å². The number of carbonyl (C=O) groups excluding carboxylic acids is 1. The van der Waals surface area contributed by atoms with Crippen LogP contribution in [0, 0.1) is 0 Å². The molecule has 2 aromatic rings. The second-order valence-electron chi connectivity index (χ2n) is 3.85. The molecule has 0 radical (unpaired) electrons. The second-order valence-corrected chi connectivity index (χ2v) is 6.31. The third-order valence-corrected chi connectivity index (χ3v) is 4.10. The lowest BCUT2D eigenvalue weighted by Crippen LogP contribution is -2.24. The van der Waals surface area contributed by atoms with E-state index in [1.165, 1.54) is 11.3 Å². The quantitative estimate of drug-likeness (QED) is 0.849. The Morgan fingerprint density at radius 1 is 1.22 bits per heavy atom. The maximum atomic E-state index is 11.8. The molecule has 0 unspecified atom stereocenters. The number of carbonyl (C=O) groups is 1. The summed E-state index contributed by atoms with van der Waals surface area (Å²) in [5.74, 6) is -0.0267. The molecule has 0 fully saturated rings. The molecule has 1 aromatic heterocycles. The van der Waals surface area contributed by atoms with E-state index >= 15 is 0 Å². The number of anilines is 1. The molecule has 0 saturated heterocycles. The summed E-state index contributed by atoms with van der Waals surface area (Å²) in [7, 11) is 0. The van der Waals surface area contributed by atoms with Crippen molar-refractivity contribution in [1.29, 1.82) is 0 Å². The molecule has 18 heavy (non-hydrogen) atoms. The number of halogens is 1. The van der Waals surface area contributed by atoms with Gasteiger partial charge in [-0.25, -0.2) is 0 Å². The van der Waals surface area contributed by atoms with E-state index in [9.17, 15) is 4.79 Å². The lowest BCUT2D eigenvalue weighted by Gasteiger charge is -2.04. The number of amides is 1. The van der Waals surface area contributed by atoms with Gasteiger partial charge in [0.25, 0.3) is 5.91 Å². The number of rotatable bonds is 4. The molecule has 0 aliphatic rings. The van der Waals surface area contributed by atoms with Gasteiger partial charge in [0, 0.05) is 12.2 Å². The van der Waals surface area contributed by atoms with Crippen molar-refractivity contribution >= 4 is 38.9 Å². The lowest BCUT2D eigenvalue weighted by molar-refractivity contribution is 0.0958. The minimum atomic E-state index is -0.0267. The minimum absolute atomic E-state index is 0.0267. The first-order chi connectivity index (χ1) is 8.65. The van der Waals surface area contributed by atoms with Gasteiger partial charge in [0.2, 0.25) is 0 Å². The van der Waals surface area contributed by atoms with Crippen molar-refractivity contribution in [3.05, 3.63) is 50.6 Å². The fourth-order valence-corrected chi connectivity index (χ4v) is 2.83. The van der Waals surface area contributed by atoms with Gasteiger partial charge in [-0.1, -0.05) is 12.1 Å². The third-order valence-electron chi connectivity index (χ3n) is 2.48. The Bertz CT molecular complexity index is 536. The highest BCUT2D eigenvalue weighted by molar-refractivity contribution is 9.11. The lowest BCUT2D eigenvalue weighted by atomic mass is 10.1. The van der Waals surface area contributed by atoms with E-state index in [1.807, 2.05) is 36.4 Å². The van der Waals surface area contributed by atoms with Crippen LogP contribution in [0.1, 0.15) is 15.2 Å². The number of nitrogen functional groups attached to an aromatic ring is 1. The molecule has 0 aliphatic carbocycles. The van der Waals surface area contributed by atoms with E-state index in [0.29, 0.717) is 6.54 Å². The molecule has 3 nitrogen and oxygen atoms in total. The summed E-state index contributed by atoms with van der Waals surface area (Å²) in [5.41, 5.74) is 7.53. The molecule has 2 rings (SSSR count). The van der Waals surface area contributed by atoms with Crippen molar-refractivity contribution in [1.82, 2.24) is 5.32 Å². The van der Waals surface area contributed by atoms with Crippen molar-refractivity contribution in [2.45, 2.75) is 6.42 Å². The molecule has 5 heteroatoms. The van der Waals surface area contributed by atoms with Gasteiger partial charge in [-0.05, 0) is 52.2 Å². The fraction of sp³-hybridized carbons (Fsp3) is 0.154. The monoisotopic (exact) mass is 324 g/mol. The summed E-state index contributed by atoms with van der Waals surface area (Å²) in [5, 5.41) is 2.89. The number of benzene rings is 1. The van der Waals surface area contributed by atoms with Gasteiger partial charge >= 0.3 is 0 Å². The summed E-state index contributed by atoms with van der Waals surface area (Å²) >= 11 is 4.77. The van der Waals surface area contributed by atoms with E-state index < -0.39 is 0 Å². The molecule has 0 aliphatic heterocycles. The maximum absolute atomic E-state index is 11.8. The van der Waals surface area contributed by atoms with Gasteiger partial charge in [0.05, 0.1) is 8.66 Å². The summed E-state index contributed by atoms with van der Waals surface area (Å²) in [6.45, 7) is 0.623. The zero-order chi connectivity index (χ0) is 13.0. The first kappa shape index (κ1) is 13.1. The second kappa shape index (κ2) is 6.02. The normalized spacial score (nSPS) is 10.3. The van der Waals surface area contributed by atoms with Crippen molar-refractivity contribution in [2.24, 2.45) is 0 Å². The highest BCUT2D eigenvalue weighted by Crippen LogP contribution is 2.21. The van der Waals surface area contributed by atoms with Gasteiger partial charge in [-0.15, -0.1) is 11.3 Å². The van der Waals surface area contributed by atoms with Crippen LogP contribution in [0.3, 0.4) is 0 Å².